The summed E-state index contributed by atoms with van der Waals surface area (Å²) < 4.78 is 1.18. The summed E-state index contributed by atoms with van der Waals surface area (Å²) in [4.78, 5) is 66.1. The predicted molar refractivity (Wildman–Crippen MR) is 136 cm³/mol. The lowest BCUT2D eigenvalue weighted by Gasteiger charge is -2.18. The predicted octanol–water partition coefficient (Wildman–Crippen LogP) is 1.93. The van der Waals surface area contributed by atoms with Gasteiger partial charge in [0.1, 0.15) is 24.0 Å². The molecule has 4 N–H and O–H groups in total. The molecule has 0 aliphatic carbocycles. The van der Waals surface area contributed by atoms with Crippen LogP contribution in [-0.4, -0.2) is 50.9 Å². The molecule has 36 heavy (non-hydrogen) atoms. The number of carboxylic acid groups (broad SMARTS) is 1. The fourth-order valence-electron chi connectivity index (χ4n) is 3.15. The number of carboxylic acids is 1. The van der Waals surface area contributed by atoms with Crippen molar-refractivity contribution in [3.05, 3.63) is 56.9 Å². The first kappa shape index (κ1) is 28.4. The summed E-state index contributed by atoms with van der Waals surface area (Å²) >= 11 is 1.28. The van der Waals surface area contributed by atoms with Crippen molar-refractivity contribution < 1.29 is 24.3 Å². The van der Waals surface area contributed by atoms with E-state index in [1.807, 2.05) is 13.8 Å². The van der Waals surface area contributed by atoms with Gasteiger partial charge in [-0.3, -0.25) is 19.2 Å². The molecule has 2 aromatic heterocycles. The zero-order valence-electron chi connectivity index (χ0n) is 20.4. The van der Waals surface area contributed by atoms with Crippen molar-refractivity contribution >= 4 is 40.7 Å². The van der Waals surface area contributed by atoms with Crippen molar-refractivity contribution in [2.45, 2.75) is 52.6 Å². The monoisotopic (exact) mass is 517 g/mol. The Hall–Kier alpha value is -3.80. The molecule has 0 aliphatic rings. The van der Waals surface area contributed by atoms with E-state index in [1.54, 1.807) is 6.92 Å². The van der Waals surface area contributed by atoms with Gasteiger partial charge < -0.3 is 25.6 Å². The molecule has 0 aromatic carbocycles. The second-order valence-corrected chi connectivity index (χ2v) is 9.54. The van der Waals surface area contributed by atoms with Crippen molar-refractivity contribution in [3.8, 4) is 0 Å². The Morgan fingerprint density at radius 1 is 1.22 bits per heavy atom. The van der Waals surface area contributed by atoms with Gasteiger partial charge in [0.15, 0.2) is 0 Å². The van der Waals surface area contributed by atoms with Crippen LogP contribution < -0.4 is 21.5 Å². The molecular formula is C24H31N5O6S. The fourth-order valence-corrected chi connectivity index (χ4v) is 3.73. The maximum atomic E-state index is 13.0. The van der Waals surface area contributed by atoms with Gasteiger partial charge in [-0.15, -0.1) is 11.3 Å². The van der Waals surface area contributed by atoms with Crippen LogP contribution in [0.2, 0.25) is 0 Å². The molecule has 0 aliphatic heterocycles. The quantitative estimate of drug-likeness (QED) is 0.295. The first-order valence-corrected chi connectivity index (χ1v) is 12.3. The Morgan fingerprint density at radius 2 is 1.97 bits per heavy atom. The second-order valence-electron chi connectivity index (χ2n) is 8.48. The molecule has 0 radical (unpaired) electrons. The highest BCUT2D eigenvalue weighted by Crippen LogP contribution is 2.12. The number of nitrogens with zero attached hydrogens (tertiary/aromatic N) is 2. The molecule has 0 bridgehead atoms. The number of hydrogen-bond acceptors (Lipinski definition) is 7. The molecule has 11 nitrogen and oxygen atoms in total. The number of pyridine rings is 1. The van der Waals surface area contributed by atoms with Crippen molar-refractivity contribution in [2.24, 2.45) is 5.92 Å². The summed E-state index contributed by atoms with van der Waals surface area (Å²) in [5, 5.41) is 16.6. The molecule has 0 saturated carbocycles. The zero-order chi connectivity index (χ0) is 26.7. The Kier molecular flexibility index (Phi) is 11.0. The van der Waals surface area contributed by atoms with Crippen LogP contribution in [-0.2, 0) is 20.9 Å². The Morgan fingerprint density at radius 3 is 2.61 bits per heavy atom. The molecule has 2 heterocycles. The minimum Gasteiger partial charge on any atom is -0.478 e. The number of amides is 3. The van der Waals surface area contributed by atoms with E-state index in [4.69, 9.17) is 5.11 Å². The molecule has 1 unspecified atom stereocenters. The number of carbonyl (C=O) groups excluding carboxylic acids is 3. The van der Waals surface area contributed by atoms with E-state index < -0.39 is 29.4 Å². The van der Waals surface area contributed by atoms with E-state index in [9.17, 15) is 24.0 Å². The summed E-state index contributed by atoms with van der Waals surface area (Å²) in [7, 11) is 0. The van der Waals surface area contributed by atoms with Gasteiger partial charge in [0, 0.05) is 23.7 Å². The number of aryl methyl sites for hydroxylation is 1. The van der Waals surface area contributed by atoms with Crippen molar-refractivity contribution in [1.29, 1.82) is 0 Å². The molecule has 0 saturated heterocycles. The topological polar surface area (TPSA) is 159 Å². The summed E-state index contributed by atoms with van der Waals surface area (Å²) in [6.07, 6.45) is 4.85. The van der Waals surface area contributed by atoms with Crippen LogP contribution in [0, 0.1) is 12.8 Å². The molecule has 3 amide bonds. The van der Waals surface area contributed by atoms with Crippen LogP contribution in [0.15, 0.2) is 40.8 Å². The Bertz CT molecular complexity index is 1170. The van der Waals surface area contributed by atoms with Gasteiger partial charge >= 0.3 is 5.97 Å². The van der Waals surface area contributed by atoms with E-state index in [1.165, 1.54) is 45.8 Å². The molecule has 194 valence electrons. The summed E-state index contributed by atoms with van der Waals surface area (Å²) in [5.74, 6) is -2.23. The molecule has 12 heteroatoms. The van der Waals surface area contributed by atoms with E-state index in [-0.39, 0.29) is 36.7 Å². The highest BCUT2D eigenvalue weighted by Gasteiger charge is 2.24. The molecule has 0 spiro atoms. The third-order valence-electron chi connectivity index (χ3n) is 5.10. The van der Waals surface area contributed by atoms with Crippen molar-refractivity contribution in [1.82, 2.24) is 20.2 Å². The van der Waals surface area contributed by atoms with Crippen LogP contribution in [0.3, 0.4) is 0 Å². The fraction of sp³-hybridized carbons (Fsp3) is 0.417. The van der Waals surface area contributed by atoms with Crippen LogP contribution in [0.25, 0.3) is 0 Å². The molecule has 1 atom stereocenters. The van der Waals surface area contributed by atoms with Gasteiger partial charge in [0.25, 0.3) is 11.5 Å². The van der Waals surface area contributed by atoms with Crippen molar-refractivity contribution in [2.75, 3.05) is 11.9 Å². The molecule has 0 fully saturated rings. The average molecular weight is 518 g/mol. The van der Waals surface area contributed by atoms with Gasteiger partial charge in [-0.25, -0.2) is 9.78 Å². The first-order chi connectivity index (χ1) is 17.1. The van der Waals surface area contributed by atoms with E-state index in [2.05, 4.69) is 20.9 Å². The number of thiazole rings is 1. The second kappa shape index (κ2) is 13.9. The summed E-state index contributed by atoms with van der Waals surface area (Å²) in [6, 6.07) is 1.87. The van der Waals surface area contributed by atoms with E-state index in [0.717, 1.165) is 12.5 Å². The minimum atomic E-state index is -1.13. The number of hydrogen-bond donors (Lipinski definition) is 4. The third kappa shape index (κ3) is 9.10. The largest absolute Gasteiger partial charge is 0.478 e. The number of rotatable bonds is 13. The maximum Gasteiger partial charge on any atom is 0.327 e. The van der Waals surface area contributed by atoms with E-state index in [0.29, 0.717) is 17.3 Å². The van der Waals surface area contributed by atoms with Gasteiger partial charge in [0.05, 0.1) is 5.51 Å². The number of carbonyl (C=O) groups is 4. The van der Waals surface area contributed by atoms with Gasteiger partial charge in [-0.2, -0.15) is 0 Å². The summed E-state index contributed by atoms with van der Waals surface area (Å²) in [5.41, 5.74) is 1.07. The lowest BCUT2D eigenvalue weighted by Crippen LogP contribution is -2.45. The molecular weight excluding hydrogens is 486 g/mol. The smallest absolute Gasteiger partial charge is 0.327 e. The number of nitrogens with one attached hydrogen (secondary N) is 3. The standard InChI is InChI=1S/C24H31N5O6S/c1-15(2)10-11-25-19(30)13-29-12-6-8-18(24(29)35)28-22(33)17(7-4-5-9-20(31)32)27-23(34)21-16(3)36-14-26-21/h5-6,8-9,12,14-15,17H,4,7,10-11,13H2,1-3H3,(H,25,30)(H,27,34)(H,28,33)(H,31,32)/b9-5+. The minimum absolute atomic E-state index is 0.0531. The number of anilines is 1. The molecule has 2 aromatic rings. The number of aromatic nitrogens is 2. The average Bonchev–Trinajstić information content (AvgIpc) is 3.24. The lowest BCUT2D eigenvalue weighted by atomic mass is 10.1. The highest BCUT2D eigenvalue weighted by atomic mass is 32.1. The van der Waals surface area contributed by atoms with Gasteiger partial charge in [-0.1, -0.05) is 19.9 Å². The van der Waals surface area contributed by atoms with Crippen LogP contribution in [0.4, 0.5) is 5.69 Å². The zero-order valence-corrected chi connectivity index (χ0v) is 21.3. The first-order valence-electron chi connectivity index (χ1n) is 11.5. The SMILES string of the molecule is Cc1scnc1C(=O)NC(CC/C=C/C(=O)O)C(=O)Nc1cccn(CC(=O)NCCC(C)C)c1=O. The van der Waals surface area contributed by atoms with Gasteiger partial charge in [-0.05, 0) is 44.2 Å². The molecule has 2 rings (SSSR count). The number of aliphatic carboxylic acids is 1. The maximum absolute atomic E-state index is 13.0. The number of allylic oxidation sites excluding steroid dienone is 1. The Labute approximate surface area is 212 Å². The lowest BCUT2D eigenvalue weighted by molar-refractivity contribution is -0.131. The Balaban J connectivity index is 2.13. The van der Waals surface area contributed by atoms with Gasteiger partial charge in [0.2, 0.25) is 11.8 Å². The highest BCUT2D eigenvalue weighted by molar-refractivity contribution is 7.09. The van der Waals surface area contributed by atoms with Crippen LogP contribution in [0.5, 0.6) is 0 Å². The van der Waals surface area contributed by atoms with Crippen LogP contribution >= 0.6 is 11.3 Å². The van der Waals surface area contributed by atoms with Crippen molar-refractivity contribution in [3.63, 3.8) is 0 Å². The normalized spacial score (nSPS) is 11.9. The third-order valence-corrected chi connectivity index (χ3v) is 5.86. The van der Waals surface area contributed by atoms with E-state index >= 15 is 0 Å². The van der Waals surface area contributed by atoms with Crippen LogP contribution in [0.1, 0.15) is 48.5 Å². The summed E-state index contributed by atoms with van der Waals surface area (Å²) in [6.45, 7) is 6.10.